The molecule has 20 heavy (non-hydrogen) atoms. The summed E-state index contributed by atoms with van der Waals surface area (Å²) in [6, 6.07) is 8.32. The molecule has 4 heteroatoms. The lowest BCUT2D eigenvalue weighted by atomic mass is 9.92. The molecule has 2 rings (SSSR count). The van der Waals surface area contributed by atoms with E-state index in [2.05, 4.69) is 17.9 Å². The zero-order valence-corrected chi connectivity index (χ0v) is 12.8. The Bertz CT molecular complexity index is 438. The largest absolute Gasteiger partial charge is 0.496 e. The minimum atomic E-state index is -0.0757. The molecule has 0 bridgehead atoms. The van der Waals surface area contributed by atoms with E-state index >= 15 is 0 Å². The lowest BCUT2D eigenvalue weighted by Crippen LogP contribution is -2.49. The summed E-state index contributed by atoms with van der Waals surface area (Å²) < 4.78 is 11.2. The van der Waals surface area contributed by atoms with Gasteiger partial charge in [0.05, 0.1) is 18.8 Å². The Kier molecular flexibility index (Phi) is 5.02. The van der Waals surface area contributed by atoms with Gasteiger partial charge in [-0.25, -0.2) is 0 Å². The van der Waals surface area contributed by atoms with Crippen molar-refractivity contribution >= 4 is 0 Å². The number of para-hydroxylation sites is 1. The van der Waals surface area contributed by atoms with Gasteiger partial charge in [0.15, 0.2) is 0 Å². The average Bonchev–Trinajstić information content (AvgIpc) is 2.49. The Morgan fingerprint density at radius 3 is 2.75 bits per heavy atom. The fourth-order valence-corrected chi connectivity index (χ4v) is 3.09. The zero-order chi connectivity index (χ0) is 14.6. The molecular weight excluding hydrogens is 252 g/mol. The van der Waals surface area contributed by atoms with Crippen LogP contribution in [0.25, 0.3) is 0 Å². The molecule has 1 heterocycles. The third kappa shape index (κ3) is 3.14. The second-order valence-corrected chi connectivity index (χ2v) is 5.72. The van der Waals surface area contributed by atoms with Gasteiger partial charge in [0.1, 0.15) is 5.75 Å². The predicted octanol–water partition coefficient (Wildman–Crippen LogP) is 2.20. The Balaban J connectivity index is 2.23. The number of piperidine rings is 1. The summed E-state index contributed by atoms with van der Waals surface area (Å²) in [6.45, 7) is 4.72. The zero-order valence-electron chi connectivity index (χ0n) is 12.8. The summed E-state index contributed by atoms with van der Waals surface area (Å²) >= 11 is 0. The highest BCUT2D eigenvalue weighted by molar-refractivity contribution is 5.36. The van der Waals surface area contributed by atoms with Crippen molar-refractivity contribution in [3.63, 3.8) is 0 Å². The third-order valence-electron chi connectivity index (χ3n) is 4.34. The molecule has 112 valence electrons. The molecular formula is C16H26N2O2. The van der Waals surface area contributed by atoms with Crippen LogP contribution < -0.4 is 10.5 Å². The fourth-order valence-electron chi connectivity index (χ4n) is 3.09. The van der Waals surface area contributed by atoms with Gasteiger partial charge < -0.3 is 15.2 Å². The summed E-state index contributed by atoms with van der Waals surface area (Å²) in [5.74, 6) is 0.910. The predicted molar refractivity (Wildman–Crippen MR) is 81.0 cm³/mol. The fraction of sp³-hybridized carbons (Fsp3) is 0.625. The van der Waals surface area contributed by atoms with Crippen LogP contribution in [0.1, 0.15) is 31.4 Å². The van der Waals surface area contributed by atoms with Gasteiger partial charge in [-0.05, 0) is 32.4 Å². The molecule has 1 saturated heterocycles. The normalized spacial score (nSPS) is 25.4. The second kappa shape index (κ2) is 6.57. The third-order valence-corrected chi connectivity index (χ3v) is 4.34. The average molecular weight is 278 g/mol. The Labute approximate surface area is 121 Å². The van der Waals surface area contributed by atoms with E-state index in [9.17, 15) is 0 Å². The van der Waals surface area contributed by atoms with Crippen LogP contribution >= 0.6 is 0 Å². The van der Waals surface area contributed by atoms with E-state index in [1.165, 1.54) is 0 Å². The maximum Gasteiger partial charge on any atom is 0.123 e. The molecule has 0 saturated carbocycles. The van der Waals surface area contributed by atoms with E-state index in [0.717, 1.165) is 37.2 Å². The van der Waals surface area contributed by atoms with E-state index in [4.69, 9.17) is 15.2 Å². The van der Waals surface area contributed by atoms with Crippen molar-refractivity contribution in [3.05, 3.63) is 29.8 Å². The lowest BCUT2D eigenvalue weighted by Gasteiger charge is -2.43. The van der Waals surface area contributed by atoms with Crippen LogP contribution in [0.15, 0.2) is 24.3 Å². The van der Waals surface area contributed by atoms with E-state index in [0.29, 0.717) is 6.54 Å². The highest BCUT2D eigenvalue weighted by Gasteiger charge is 2.34. The molecule has 2 unspecified atom stereocenters. The molecule has 1 aliphatic rings. The number of hydrogen-bond donors (Lipinski definition) is 1. The first kappa shape index (κ1) is 15.3. The molecule has 2 atom stereocenters. The minimum absolute atomic E-state index is 0.0757. The van der Waals surface area contributed by atoms with Gasteiger partial charge in [-0.1, -0.05) is 18.2 Å². The van der Waals surface area contributed by atoms with Gasteiger partial charge in [0.2, 0.25) is 0 Å². The number of methoxy groups -OCH3 is 2. The van der Waals surface area contributed by atoms with Crippen molar-refractivity contribution in [1.82, 2.24) is 4.90 Å². The van der Waals surface area contributed by atoms with E-state index in [1.807, 2.05) is 18.2 Å². The number of nitrogens with zero attached hydrogens (tertiary/aromatic N) is 1. The number of benzene rings is 1. The van der Waals surface area contributed by atoms with Crippen molar-refractivity contribution < 1.29 is 9.47 Å². The monoisotopic (exact) mass is 278 g/mol. The topological polar surface area (TPSA) is 47.7 Å². The molecule has 2 N–H and O–H groups in total. The molecule has 4 nitrogen and oxygen atoms in total. The van der Waals surface area contributed by atoms with Gasteiger partial charge in [-0.3, -0.25) is 4.90 Å². The minimum Gasteiger partial charge on any atom is -0.496 e. The number of likely N-dealkylation sites (tertiary alicyclic amines) is 1. The standard InChI is InChI=1S/C16H26N2O2/c1-16(20-3)9-6-10-18(12-16)14(11-17)13-7-4-5-8-15(13)19-2/h4-5,7-8,14H,6,9-12,17H2,1-3H3. The molecule has 1 aromatic rings. The van der Waals surface area contributed by atoms with Crippen LogP contribution in [0, 0.1) is 0 Å². The summed E-state index contributed by atoms with van der Waals surface area (Å²) in [5, 5.41) is 0. The van der Waals surface area contributed by atoms with Gasteiger partial charge in [0, 0.05) is 25.8 Å². The van der Waals surface area contributed by atoms with E-state index in [1.54, 1.807) is 14.2 Å². The van der Waals surface area contributed by atoms with Crippen molar-refractivity contribution in [3.8, 4) is 5.75 Å². The van der Waals surface area contributed by atoms with Crippen molar-refractivity contribution in [2.75, 3.05) is 33.9 Å². The van der Waals surface area contributed by atoms with E-state index < -0.39 is 0 Å². The molecule has 1 fully saturated rings. The number of hydrogen-bond acceptors (Lipinski definition) is 4. The highest BCUT2D eigenvalue weighted by Crippen LogP contribution is 2.33. The Hall–Kier alpha value is -1.10. The second-order valence-electron chi connectivity index (χ2n) is 5.72. The van der Waals surface area contributed by atoms with Crippen LogP contribution in [0.2, 0.25) is 0 Å². The number of rotatable bonds is 5. The van der Waals surface area contributed by atoms with Crippen LogP contribution in [0.3, 0.4) is 0 Å². The Morgan fingerprint density at radius 2 is 2.10 bits per heavy atom. The first-order valence-corrected chi connectivity index (χ1v) is 7.26. The number of nitrogens with two attached hydrogens (primary N) is 1. The summed E-state index contributed by atoms with van der Waals surface area (Å²) in [5.41, 5.74) is 7.14. The summed E-state index contributed by atoms with van der Waals surface area (Å²) in [6.07, 6.45) is 2.24. The molecule has 1 aromatic carbocycles. The Morgan fingerprint density at radius 1 is 1.35 bits per heavy atom. The molecule has 0 radical (unpaired) electrons. The SMILES string of the molecule is COc1ccccc1C(CN)N1CCCC(C)(OC)C1. The van der Waals surface area contributed by atoms with Crippen molar-refractivity contribution in [2.45, 2.75) is 31.4 Å². The maximum absolute atomic E-state index is 6.05. The lowest BCUT2D eigenvalue weighted by molar-refractivity contribution is -0.0610. The first-order valence-electron chi connectivity index (χ1n) is 7.26. The van der Waals surface area contributed by atoms with Gasteiger partial charge in [-0.15, -0.1) is 0 Å². The van der Waals surface area contributed by atoms with Crippen LogP contribution in [-0.4, -0.2) is 44.4 Å². The van der Waals surface area contributed by atoms with Gasteiger partial charge >= 0.3 is 0 Å². The van der Waals surface area contributed by atoms with Crippen LogP contribution in [0.5, 0.6) is 5.75 Å². The van der Waals surface area contributed by atoms with E-state index in [-0.39, 0.29) is 11.6 Å². The van der Waals surface area contributed by atoms with Crippen LogP contribution in [0.4, 0.5) is 0 Å². The highest BCUT2D eigenvalue weighted by atomic mass is 16.5. The molecule has 0 aliphatic carbocycles. The number of ether oxygens (including phenoxy) is 2. The first-order chi connectivity index (χ1) is 9.63. The van der Waals surface area contributed by atoms with Crippen molar-refractivity contribution in [1.29, 1.82) is 0 Å². The quantitative estimate of drug-likeness (QED) is 0.897. The molecule has 1 aliphatic heterocycles. The summed E-state index contributed by atoms with van der Waals surface area (Å²) in [7, 11) is 3.51. The molecule has 0 aromatic heterocycles. The van der Waals surface area contributed by atoms with Gasteiger partial charge in [-0.2, -0.15) is 0 Å². The summed E-state index contributed by atoms with van der Waals surface area (Å²) in [4.78, 5) is 2.42. The maximum atomic E-state index is 6.05. The molecule has 0 amide bonds. The van der Waals surface area contributed by atoms with Crippen molar-refractivity contribution in [2.24, 2.45) is 5.73 Å². The smallest absolute Gasteiger partial charge is 0.123 e. The molecule has 0 spiro atoms. The van der Waals surface area contributed by atoms with Gasteiger partial charge in [0.25, 0.3) is 0 Å². The van der Waals surface area contributed by atoms with Crippen LogP contribution in [-0.2, 0) is 4.74 Å².